The molecule has 0 aliphatic carbocycles. The van der Waals surface area contributed by atoms with Crippen LogP contribution < -0.4 is 5.32 Å². The van der Waals surface area contributed by atoms with Gasteiger partial charge in [-0.1, -0.05) is 12.1 Å². The summed E-state index contributed by atoms with van der Waals surface area (Å²) in [6.45, 7) is 1.20. The van der Waals surface area contributed by atoms with Gasteiger partial charge in [0.1, 0.15) is 0 Å². The van der Waals surface area contributed by atoms with Crippen molar-refractivity contribution in [3.05, 3.63) is 35.4 Å². The number of benzene rings is 1. The zero-order valence-electron chi connectivity index (χ0n) is 11.8. The van der Waals surface area contributed by atoms with Gasteiger partial charge in [0.2, 0.25) is 0 Å². The van der Waals surface area contributed by atoms with E-state index < -0.39 is 5.97 Å². The summed E-state index contributed by atoms with van der Waals surface area (Å²) in [4.78, 5) is 24.2. The Hall–Kier alpha value is -1.69. The molecule has 2 amide bonds. The second-order valence-electron chi connectivity index (χ2n) is 4.40. The van der Waals surface area contributed by atoms with E-state index in [4.69, 9.17) is 5.11 Å². The first-order valence-electron chi connectivity index (χ1n) is 6.34. The molecule has 110 valence electrons. The molecule has 20 heavy (non-hydrogen) atoms. The molecule has 0 radical (unpaired) electrons. The largest absolute Gasteiger partial charge is 0.478 e. The maximum Gasteiger partial charge on any atom is 0.335 e. The fourth-order valence-electron chi connectivity index (χ4n) is 1.64. The van der Waals surface area contributed by atoms with Gasteiger partial charge in [-0.25, -0.2) is 9.59 Å². The highest BCUT2D eigenvalue weighted by Gasteiger charge is 2.07. The van der Waals surface area contributed by atoms with E-state index in [2.05, 4.69) is 5.32 Å². The molecule has 0 heterocycles. The van der Waals surface area contributed by atoms with E-state index in [1.165, 1.54) is 0 Å². The van der Waals surface area contributed by atoms with E-state index >= 15 is 0 Å². The molecule has 0 saturated heterocycles. The summed E-state index contributed by atoms with van der Waals surface area (Å²) in [6.07, 6.45) is 2.62. The minimum absolute atomic E-state index is 0.103. The Labute approximate surface area is 123 Å². The van der Waals surface area contributed by atoms with Gasteiger partial charge in [-0.15, -0.1) is 0 Å². The second-order valence-corrected chi connectivity index (χ2v) is 5.39. The van der Waals surface area contributed by atoms with Gasteiger partial charge < -0.3 is 15.3 Å². The van der Waals surface area contributed by atoms with E-state index in [1.54, 1.807) is 41.9 Å². The van der Waals surface area contributed by atoms with Gasteiger partial charge in [-0.3, -0.25) is 0 Å². The topological polar surface area (TPSA) is 69.6 Å². The highest BCUT2D eigenvalue weighted by molar-refractivity contribution is 7.98. The van der Waals surface area contributed by atoms with Crippen LogP contribution in [-0.2, 0) is 6.42 Å². The van der Waals surface area contributed by atoms with Crippen molar-refractivity contribution < 1.29 is 14.7 Å². The normalized spacial score (nSPS) is 10.1. The van der Waals surface area contributed by atoms with Gasteiger partial charge >= 0.3 is 12.0 Å². The molecule has 1 aromatic rings. The molecule has 2 N–H and O–H groups in total. The summed E-state index contributed by atoms with van der Waals surface area (Å²) >= 11 is 1.70. The van der Waals surface area contributed by atoms with Gasteiger partial charge in [0.15, 0.2) is 0 Å². The van der Waals surface area contributed by atoms with Gasteiger partial charge in [0.05, 0.1) is 5.56 Å². The maximum absolute atomic E-state index is 11.7. The Balaban J connectivity index is 2.38. The Kier molecular flexibility index (Phi) is 6.93. The minimum Gasteiger partial charge on any atom is -0.478 e. The van der Waals surface area contributed by atoms with Gasteiger partial charge in [0.25, 0.3) is 0 Å². The van der Waals surface area contributed by atoms with E-state index in [0.29, 0.717) is 19.5 Å². The molecule has 5 nitrogen and oxygen atoms in total. The quantitative estimate of drug-likeness (QED) is 0.806. The van der Waals surface area contributed by atoms with E-state index in [-0.39, 0.29) is 11.6 Å². The first kappa shape index (κ1) is 16.4. The number of carboxylic acid groups (broad SMARTS) is 1. The summed E-state index contributed by atoms with van der Waals surface area (Å²) < 4.78 is 0. The molecule has 0 atom stereocenters. The van der Waals surface area contributed by atoms with Crippen LogP contribution in [0.5, 0.6) is 0 Å². The Bertz CT molecular complexity index is 465. The first-order chi connectivity index (χ1) is 9.54. The summed E-state index contributed by atoms with van der Waals surface area (Å²) in [7, 11) is 1.76. The lowest BCUT2D eigenvalue weighted by molar-refractivity contribution is 0.0696. The number of urea groups is 1. The summed E-state index contributed by atoms with van der Waals surface area (Å²) in [6, 6.07) is 6.65. The number of nitrogens with zero attached hydrogens (tertiary/aromatic N) is 1. The number of carbonyl (C=O) groups excluding carboxylic acids is 1. The van der Waals surface area contributed by atoms with Crippen LogP contribution in [0, 0.1) is 0 Å². The third-order valence-electron chi connectivity index (χ3n) is 2.84. The van der Waals surface area contributed by atoms with Crippen LogP contribution in [0.15, 0.2) is 24.3 Å². The van der Waals surface area contributed by atoms with Crippen molar-refractivity contribution in [3.8, 4) is 0 Å². The number of nitrogens with one attached hydrogen (secondary N) is 1. The highest BCUT2D eigenvalue weighted by Crippen LogP contribution is 2.05. The Morgan fingerprint density at radius 1 is 1.40 bits per heavy atom. The minimum atomic E-state index is -0.937. The number of rotatable bonds is 7. The molecule has 0 aromatic heterocycles. The zero-order valence-corrected chi connectivity index (χ0v) is 12.6. The monoisotopic (exact) mass is 296 g/mol. The average molecular weight is 296 g/mol. The highest BCUT2D eigenvalue weighted by atomic mass is 32.2. The number of amides is 2. The van der Waals surface area contributed by atoms with Crippen LogP contribution >= 0.6 is 11.8 Å². The zero-order chi connectivity index (χ0) is 15.0. The molecule has 0 unspecified atom stereocenters. The fourth-order valence-corrected chi connectivity index (χ4v) is 2.09. The first-order valence-corrected chi connectivity index (χ1v) is 7.74. The summed E-state index contributed by atoms with van der Waals surface area (Å²) in [5.41, 5.74) is 1.17. The predicted molar refractivity (Wildman–Crippen MR) is 81.5 cm³/mol. The van der Waals surface area contributed by atoms with Crippen molar-refractivity contribution in [1.29, 1.82) is 0 Å². The molecule has 0 aliphatic rings. The van der Waals surface area contributed by atoms with Crippen molar-refractivity contribution >= 4 is 23.8 Å². The SMILES string of the molecule is CSCCN(C)C(=O)NCCc1cccc(C(=O)O)c1. The molecule has 1 aromatic carbocycles. The molecule has 0 bridgehead atoms. The Morgan fingerprint density at radius 3 is 2.80 bits per heavy atom. The van der Waals surface area contributed by atoms with Gasteiger partial charge in [-0.2, -0.15) is 11.8 Å². The molecule has 6 heteroatoms. The molecule has 0 saturated carbocycles. The number of carbonyl (C=O) groups is 2. The van der Waals surface area contributed by atoms with E-state index in [1.807, 2.05) is 12.3 Å². The standard InChI is InChI=1S/C14H20N2O3S/c1-16(8-9-20-2)14(19)15-7-6-11-4-3-5-12(10-11)13(17)18/h3-5,10H,6-9H2,1-2H3,(H,15,19)(H,17,18). The lowest BCUT2D eigenvalue weighted by Crippen LogP contribution is -2.39. The lowest BCUT2D eigenvalue weighted by Gasteiger charge is -2.17. The van der Waals surface area contributed by atoms with Crippen LogP contribution in [0.2, 0.25) is 0 Å². The molecule has 0 spiro atoms. The van der Waals surface area contributed by atoms with Gasteiger partial charge in [-0.05, 0) is 30.4 Å². The predicted octanol–water partition coefficient (Wildman–Crippen LogP) is 1.93. The number of hydrogen-bond donors (Lipinski definition) is 2. The third-order valence-corrected chi connectivity index (χ3v) is 3.43. The smallest absolute Gasteiger partial charge is 0.335 e. The summed E-state index contributed by atoms with van der Waals surface area (Å²) in [5.74, 6) is -0.0300. The van der Waals surface area contributed by atoms with Crippen molar-refractivity contribution in [2.75, 3.05) is 32.1 Å². The van der Waals surface area contributed by atoms with Crippen LogP contribution in [0.3, 0.4) is 0 Å². The van der Waals surface area contributed by atoms with Crippen molar-refractivity contribution in [1.82, 2.24) is 10.2 Å². The maximum atomic E-state index is 11.7. The van der Waals surface area contributed by atoms with Gasteiger partial charge in [0, 0.05) is 25.9 Å². The van der Waals surface area contributed by atoms with Crippen LogP contribution in [0.25, 0.3) is 0 Å². The second kappa shape index (κ2) is 8.47. The average Bonchev–Trinajstić information content (AvgIpc) is 2.44. The number of thioether (sulfide) groups is 1. The number of carboxylic acids is 1. The van der Waals surface area contributed by atoms with Crippen LogP contribution in [0.1, 0.15) is 15.9 Å². The van der Waals surface area contributed by atoms with Crippen molar-refractivity contribution in [2.24, 2.45) is 0 Å². The van der Waals surface area contributed by atoms with Crippen molar-refractivity contribution in [3.63, 3.8) is 0 Å². The molecular formula is C14H20N2O3S. The number of hydrogen-bond acceptors (Lipinski definition) is 3. The third kappa shape index (κ3) is 5.52. The molecule has 0 fully saturated rings. The van der Waals surface area contributed by atoms with E-state index in [9.17, 15) is 9.59 Å². The molecule has 1 rings (SSSR count). The Morgan fingerprint density at radius 2 is 2.15 bits per heavy atom. The summed E-state index contributed by atoms with van der Waals surface area (Å²) in [5, 5.41) is 11.7. The van der Waals surface area contributed by atoms with Crippen LogP contribution in [0.4, 0.5) is 4.79 Å². The molecule has 0 aliphatic heterocycles. The number of aromatic carboxylic acids is 1. The van der Waals surface area contributed by atoms with Crippen molar-refractivity contribution in [2.45, 2.75) is 6.42 Å². The molecular weight excluding hydrogens is 276 g/mol. The van der Waals surface area contributed by atoms with E-state index in [0.717, 1.165) is 11.3 Å². The van der Waals surface area contributed by atoms with Crippen LogP contribution in [-0.4, -0.2) is 54.2 Å². The fraction of sp³-hybridized carbons (Fsp3) is 0.429. The lowest BCUT2D eigenvalue weighted by atomic mass is 10.1.